The third-order valence-corrected chi connectivity index (χ3v) is 8.53. The number of rotatable bonds is 7. The normalized spacial score (nSPS) is 31.1. The molecule has 1 aromatic carbocycles. The molecule has 0 bridgehead atoms. The van der Waals surface area contributed by atoms with E-state index in [1.54, 1.807) is 4.90 Å². The monoisotopic (exact) mass is 497 g/mol. The zero-order chi connectivity index (χ0) is 25.1. The summed E-state index contributed by atoms with van der Waals surface area (Å²) in [5, 5.41) is 6.21. The number of nitrogens with zero attached hydrogens (tertiary/aromatic N) is 1. The molecule has 3 fully saturated rings. The van der Waals surface area contributed by atoms with E-state index >= 15 is 0 Å². The number of amides is 3. The Kier molecular flexibility index (Phi) is 7.91. The van der Waals surface area contributed by atoms with Gasteiger partial charge in [0.15, 0.2) is 0 Å². The lowest BCUT2D eigenvalue weighted by Gasteiger charge is -2.32. The van der Waals surface area contributed by atoms with E-state index in [1.807, 2.05) is 25.3 Å². The molecule has 2 saturated carbocycles. The summed E-state index contributed by atoms with van der Waals surface area (Å²) in [4.78, 5) is 38.4. The molecular weight excluding hydrogens is 458 g/mol. The summed E-state index contributed by atoms with van der Waals surface area (Å²) in [7, 11) is 1.82. The molecular formula is C28H39N3O5. The highest BCUT2D eigenvalue weighted by Crippen LogP contribution is 2.32. The molecule has 2 N–H and O–H groups in total. The number of piperidine rings is 1. The van der Waals surface area contributed by atoms with Crippen LogP contribution in [0.15, 0.2) is 18.2 Å². The lowest BCUT2D eigenvalue weighted by Crippen LogP contribution is -2.52. The Hall–Kier alpha value is -2.45. The first-order valence-electron chi connectivity index (χ1n) is 13.7. The SMILES string of the molecule is COC1CCC(CN[C@H]2CCCCCC2Oc2ccc3c(c2)CN(C2CCC(=O)NC2=O)C3=O)CC1. The summed E-state index contributed by atoms with van der Waals surface area (Å²) in [5.74, 6) is 0.677. The number of hydrogen-bond donors (Lipinski definition) is 2. The molecule has 0 spiro atoms. The van der Waals surface area contributed by atoms with Crippen molar-refractivity contribution in [2.45, 2.75) is 101 Å². The summed E-state index contributed by atoms with van der Waals surface area (Å²) < 4.78 is 12.1. The van der Waals surface area contributed by atoms with Crippen molar-refractivity contribution in [2.75, 3.05) is 13.7 Å². The van der Waals surface area contributed by atoms with Gasteiger partial charge in [-0.25, -0.2) is 0 Å². The topological polar surface area (TPSA) is 97.0 Å². The van der Waals surface area contributed by atoms with Crippen LogP contribution >= 0.6 is 0 Å². The molecule has 1 saturated heterocycles. The number of nitrogens with one attached hydrogen (secondary N) is 2. The zero-order valence-corrected chi connectivity index (χ0v) is 21.3. The van der Waals surface area contributed by atoms with Gasteiger partial charge < -0.3 is 19.7 Å². The number of fused-ring (bicyclic) bond motifs is 1. The number of benzene rings is 1. The van der Waals surface area contributed by atoms with Crippen LogP contribution in [-0.2, 0) is 20.9 Å². The minimum absolute atomic E-state index is 0.101. The molecule has 8 nitrogen and oxygen atoms in total. The maximum Gasteiger partial charge on any atom is 0.255 e. The predicted octanol–water partition coefficient (Wildman–Crippen LogP) is 3.32. The van der Waals surface area contributed by atoms with Crippen molar-refractivity contribution in [3.05, 3.63) is 29.3 Å². The Bertz CT molecular complexity index is 974. The van der Waals surface area contributed by atoms with E-state index in [4.69, 9.17) is 9.47 Å². The average Bonchev–Trinajstić information content (AvgIpc) is 3.04. The quantitative estimate of drug-likeness (QED) is 0.443. The average molecular weight is 498 g/mol. The first kappa shape index (κ1) is 25.2. The van der Waals surface area contributed by atoms with Crippen molar-refractivity contribution in [2.24, 2.45) is 5.92 Å². The minimum Gasteiger partial charge on any atom is -0.489 e. The molecule has 196 valence electrons. The van der Waals surface area contributed by atoms with Crippen molar-refractivity contribution in [3.8, 4) is 5.75 Å². The molecule has 5 rings (SSSR count). The summed E-state index contributed by atoms with van der Waals surface area (Å²) in [6.45, 7) is 1.40. The van der Waals surface area contributed by atoms with Gasteiger partial charge in [-0.15, -0.1) is 0 Å². The third kappa shape index (κ3) is 5.59. The van der Waals surface area contributed by atoms with E-state index in [0.29, 0.717) is 36.6 Å². The fraction of sp³-hybridized carbons (Fsp3) is 0.679. The molecule has 0 aromatic heterocycles. The molecule has 4 aliphatic rings. The smallest absolute Gasteiger partial charge is 0.255 e. The van der Waals surface area contributed by atoms with E-state index in [9.17, 15) is 14.4 Å². The highest BCUT2D eigenvalue weighted by Gasteiger charge is 2.39. The number of imide groups is 1. The molecule has 1 aromatic rings. The van der Waals surface area contributed by atoms with Crippen LogP contribution in [0.1, 0.15) is 86.6 Å². The van der Waals surface area contributed by atoms with Gasteiger partial charge in [0.05, 0.1) is 6.10 Å². The van der Waals surface area contributed by atoms with Gasteiger partial charge in [-0.3, -0.25) is 19.7 Å². The second-order valence-electron chi connectivity index (χ2n) is 10.9. The van der Waals surface area contributed by atoms with E-state index in [-0.39, 0.29) is 30.2 Å². The second-order valence-corrected chi connectivity index (χ2v) is 10.9. The summed E-state index contributed by atoms with van der Waals surface area (Å²) >= 11 is 0. The van der Waals surface area contributed by atoms with Gasteiger partial charge in [0.1, 0.15) is 17.9 Å². The Morgan fingerprint density at radius 1 is 1.00 bits per heavy atom. The Balaban J connectivity index is 1.21. The maximum atomic E-state index is 13.0. The maximum absolute atomic E-state index is 13.0. The van der Waals surface area contributed by atoms with Crippen LogP contribution in [0.4, 0.5) is 0 Å². The van der Waals surface area contributed by atoms with Crippen molar-refractivity contribution in [1.82, 2.24) is 15.5 Å². The summed E-state index contributed by atoms with van der Waals surface area (Å²) in [5.41, 5.74) is 1.50. The number of ether oxygens (including phenoxy) is 2. The van der Waals surface area contributed by atoms with E-state index in [2.05, 4.69) is 10.6 Å². The van der Waals surface area contributed by atoms with E-state index < -0.39 is 6.04 Å². The van der Waals surface area contributed by atoms with Gasteiger partial charge in [-0.05, 0) is 87.6 Å². The van der Waals surface area contributed by atoms with Gasteiger partial charge in [-0.2, -0.15) is 0 Å². The molecule has 2 aliphatic heterocycles. The third-order valence-electron chi connectivity index (χ3n) is 8.53. The number of carbonyl (C=O) groups excluding carboxylic acids is 3. The molecule has 2 heterocycles. The molecule has 2 aliphatic carbocycles. The van der Waals surface area contributed by atoms with E-state index in [1.165, 1.54) is 25.7 Å². The summed E-state index contributed by atoms with van der Waals surface area (Å²) in [6, 6.07) is 5.40. The first-order chi connectivity index (χ1) is 17.5. The predicted molar refractivity (Wildman–Crippen MR) is 135 cm³/mol. The minimum atomic E-state index is -0.596. The van der Waals surface area contributed by atoms with Crippen LogP contribution in [0.25, 0.3) is 0 Å². The van der Waals surface area contributed by atoms with Gasteiger partial charge >= 0.3 is 0 Å². The largest absolute Gasteiger partial charge is 0.489 e. The fourth-order valence-electron chi connectivity index (χ4n) is 6.34. The van der Waals surface area contributed by atoms with Crippen molar-refractivity contribution in [3.63, 3.8) is 0 Å². The van der Waals surface area contributed by atoms with Crippen LogP contribution in [0, 0.1) is 5.92 Å². The number of hydrogen-bond acceptors (Lipinski definition) is 6. The summed E-state index contributed by atoms with van der Waals surface area (Å²) in [6.07, 6.45) is 11.6. The second kappa shape index (κ2) is 11.3. The Morgan fingerprint density at radius 3 is 2.58 bits per heavy atom. The lowest BCUT2D eigenvalue weighted by atomic mass is 9.87. The van der Waals surface area contributed by atoms with Crippen molar-refractivity contribution < 1.29 is 23.9 Å². The Morgan fingerprint density at radius 2 is 1.81 bits per heavy atom. The van der Waals surface area contributed by atoms with E-state index in [0.717, 1.165) is 50.0 Å². The highest BCUT2D eigenvalue weighted by molar-refractivity contribution is 6.05. The molecule has 3 amide bonds. The van der Waals surface area contributed by atoms with Crippen LogP contribution in [0.5, 0.6) is 5.75 Å². The van der Waals surface area contributed by atoms with Crippen LogP contribution in [-0.4, -0.2) is 60.6 Å². The lowest BCUT2D eigenvalue weighted by molar-refractivity contribution is -0.136. The Labute approximate surface area is 213 Å². The van der Waals surface area contributed by atoms with Crippen LogP contribution < -0.4 is 15.4 Å². The molecule has 0 radical (unpaired) electrons. The molecule has 3 atom stereocenters. The number of methoxy groups -OCH3 is 1. The zero-order valence-electron chi connectivity index (χ0n) is 21.3. The van der Waals surface area contributed by atoms with Gasteiger partial charge in [0, 0.05) is 31.7 Å². The van der Waals surface area contributed by atoms with Gasteiger partial charge in [0.2, 0.25) is 11.8 Å². The fourth-order valence-corrected chi connectivity index (χ4v) is 6.34. The molecule has 2 unspecified atom stereocenters. The van der Waals surface area contributed by atoms with Gasteiger partial charge in [0.25, 0.3) is 5.91 Å². The molecule has 36 heavy (non-hydrogen) atoms. The van der Waals surface area contributed by atoms with Crippen molar-refractivity contribution in [1.29, 1.82) is 0 Å². The standard InChI is InChI=1S/C28H39N3O5/c1-35-20-9-7-18(8-10-20)16-29-23-5-3-2-4-6-25(23)36-21-11-12-22-19(15-21)17-31(28(22)34)24-13-14-26(32)30-27(24)33/h11-12,15,18,20,23-25,29H,2-10,13-14,16-17H2,1H3,(H,30,32,33)/t18?,20?,23-,24?,25?/m0/s1. The van der Waals surface area contributed by atoms with Gasteiger partial charge in [-0.1, -0.05) is 12.8 Å². The number of carbonyl (C=O) groups is 3. The van der Waals surface area contributed by atoms with Crippen LogP contribution in [0.2, 0.25) is 0 Å². The van der Waals surface area contributed by atoms with Crippen LogP contribution in [0.3, 0.4) is 0 Å². The highest BCUT2D eigenvalue weighted by atomic mass is 16.5. The first-order valence-corrected chi connectivity index (χ1v) is 13.7. The molecule has 8 heteroatoms. The van der Waals surface area contributed by atoms with Crippen molar-refractivity contribution >= 4 is 17.7 Å².